The van der Waals surface area contributed by atoms with Gasteiger partial charge in [0.25, 0.3) is 0 Å². The fraction of sp³-hybridized carbons (Fsp3) is 0.410. The zero-order chi connectivity index (χ0) is 34.4. The molecular weight excluding hydrogens is 629 g/mol. The summed E-state index contributed by atoms with van der Waals surface area (Å²) in [6.07, 6.45) is 11.3. The van der Waals surface area contributed by atoms with E-state index in [9.17, 15) is 14.4 Å². The molecule has 6 rings (SSSR count). The number of hydrogen-bond acceptors (Lipinski definition) is 5. The summed E-state index contributed by atoms with van der Waals surface area (Å²) in [6.45, 7) is 16.4. The van der Waals surface area contributed by atoms with Crippen molar-refractivity contribution >= 4 is 64.6 Å². The first-order chi connectivity index (χ1) is 23.0. The Bertz CT molecular complexity index is 2020. The van der Waals surface area contributed by atoms with E-state index in [1.54, 1.807) is 6.08 Å². The van der Waals surface area contributed by atoms with E-state index in [1.165, 1.54) is 7.11 Å². The summed E-state index contributed by atoms with van der Waals surface area (Å²) in [5, 5.41) is 6.91. The fourth-order valence-corrected chi connectivity index (χ4v) is 7.61. The molecule has 0 spiro atoms. The Morgan fingerprint density at radius 3 is 2.45 bits per heavy atom. The molecule has 0 amide bonds. The van der Waals surface area contributed by atoms with E-state index < -0.39 is 11.9 Å². The van der Waals surface area contributed by atoms with Gasteiger partial charge < -0.3 is 29.7 Å². The molecule has 1 saturated heterocycles. The zero-order valence-electron chi connectivity index (χ0n) is 29.5. The maximum atomic E-state index is 14.1. The summed E-state index contributed by atoms with van der Waals surface area (Å²) in [7, 11) is 1.29. The van der Waals surface area contributed by atoms with E-state index in [1.807, 2.05) is 38.2 Å². The van der Waals surface area contributed by atoms with Crippen LogP contribution >= 0.6 is 0 Å². The van der Waals surface area contributed by atoms with Crippen molar-refractivity contribution in [2.24, 2.45) is 17.8 Å². The van der Waals surface area contributed by atoms with E-state index in [2.05, 4.69) is 34.3 Å². The molecule has 3 aromatic rings. The molecule has 1 unspecified atom stereocenters. The third-order valence-electron chi connectivity index (χ3n) is 10.4. The van der Waals surface area contributed by atoms with E-state index in [-0.39, 0.29) is 65.7 Å². The molecule has 5 heterocycles. The Balaban J connectivity index is 0.00000468. The smallest absolute Gasteiger partial charge is 0.684 e. The van der Waals surface area contributed by atoms with Gasteiger partial charge in [0.2, 0.25) is 0 Å². The van der Waals surface area contributed by atoms with Gasteiger partial charge >= 0.3 is 35.0 Å². The summed E-state index contributed by atoms with van der Waals surface area (Å²) < 4.78 is 10.6. The number of aromatic nitrogens is 3. The van der Waals surface area contributed by atoms with Crippen molar-refractivity contribution in [3.63, 3.8) is 0 Å². The maximum Gasteiger partial charge on any atom is 2.00 e. The van der Waals surface area contributed by atoms with Gasteiger partial charge in [0, 0.05) is 12.0 Å². The molecule has 3 aromatic heterocycles. The summed E-state index contributed by atoms with van der Waals surface area (Å²) >= 11 is 0. The molecule has 0 N–H and O–H groups in total. The quantitative estimate of drug-likeness (QED) is 0.152. The van der Waals surface area contributed by atoms with Crippen LogP contribution in [-0.2, 0) is 31.9 Å². The maximum absolute atomic E-state index is 14.1. The minimum atomic E-state index is -1.18. The van der Waals surface area contributed by atoms with Gasteiger partial charge in [-0.3, -0.25) is 14.4 Å². The van der Waals surface area contributed by atoms with Crippen LogP contribution in [0.1, 0.15) is 94.6 Å². The molecular formula is C39H42MgN4O5-2. The number of carbonyl (C=O) groups excluding carboxylic acids is 3. The molecule has 0 radical (unpaired) electrons. The first-order valence-electron chi connectivity index (χ1n) is 16.7. The topological polar surface area (TPSA) is 126 Å². The Morgan fingerprint density at radius 2 is 1.78 bits per heavy atom. The second-order valence-electron chi connectivity index (χ2n) is 12.9. The SMILES string of the molecule is C=Cc1c2[n-]c(c1C)CC1[N-]/C(=C3\c4[n-]c(c(C)c4C(=O)[C@@H]3C(=O)OC)/C=c3\[n-]/c(c(C)c3CC)=C\2)[C@@H](CCC(=O)OC/C=C/C)[C@@H]1C.[Mg+2]. The van der Waals surface area contributed by atoms with Crippen LogP contribution in [0.15, 0.2) is 24.4 Å². The van der Waals surface area contributed by atoms with E-state index >= 15 is 0 Å². The molecule has 1 aliphatic carbocycles. The molecule has 252 valence electrons. The monoisotopic (exact) mass is 670 g/mol. The molecule has 49 heavy (non-hydrogen) atoms. The first kappa shape index (κ1) is 36.3. The predicted molar refractivity (Wildman–Crippen MR) is 190 cm³/mol. The van der Waals surface area contributed by atoms with Crippen molar-refractivity contribution in [2.45, 2.75) is 73.3 Å². The molecule has 10 heteroatoms. The number of Topliss-reactive ketones (excluding diaryl/α,β-unsaturated/α-hetero) is 1. The van der Waals surface area contributed by atoms with Crippen molar-refractivity contribution in [1.82, 2.24) is 15.0 Å². The normalized spacial score (nSPS) is 23.7. The molecule has 3 aliphatic rings. The van der Waals surface area contributed by atoms with Crippen molar-refractivity contribution in [1.29, 1.82) is 0 Å². The average Bonchev–Trinajstić information content (AvgIpc) is 3.80. The Morgan fingerprint density at radius 1 is 1.04 bits per heavy atom. The van der Waals surface area contributed by atoms with Gasteiger partial charge in [0.05, 0.1) is 7.11 Å². The van der Waals surface area contributed by atoms with Gasteiger partial charge in [-0.05, 0) is 52.0 Å². The van der Waals surface area contributed by atoms with Crippen LogP contribution in [-0.4, -0.2) is 60.5 Å². The second kappa shape index (κ2) is 14.4. The summed E-state index contributed by atoms with van der Waals surface area (Å²) in [6, 6.07) is -0.222. The van der Waals surface area contributed by atoms with Crippen molar-refractivity contribution < 1.29 is 23.9 Å². The van der Waals surface area contributed by atoms with Gasteiger partial charge in [0.15, 0.2) is 5.78 Å². The van der Waals surface area contributed by atoms with Gasteiger partial charge in [-0.15, -0.1) is 33.8 Å². The van der Waals surface area contributed by atoms with Gasteiger partial charge in [-0.25, -0.2) is 0 Å². The van der Waals surface area contributed by atoms with Crippen LogP contribution in [0.4, 0.5) is 0 Å². The third-order valence-corrected chi connectivity index (χ3v) is 10.4. The minimum Gasteiger partial charge on any atom is -0.684 e. The Hall–Kier alpha value is -4.02. The van der Waals surface area contributed by atoms with Crippen LogP contribution in [0, 0.1) is 38.5 Å². The van der Waals surface area contributed by atoms with Crippen molar-refractivity contribution in [3.05, 3.63) is 96.6 Å². The third kappa shape index (κ3) is 6.18. The molecule has 1 fully saturated rings. The molecule has 8 bridgehead atoms. The Kier molecular flexibility index (Phi) is 10.7. The number of ether oxygens (including phenoxy) is 2. The first-order valence-corrected chi connectivity index (χ1v) is 16.7. The molecule has 0 aromatic carbocycles. The van der Waals surface area contributed by atoms with Gasteiger partial charge in [0.1, 0.15) is 12.5 Å². The number of esters is 2. The summed E-state index contributed by atoms with van der Waals surface area (Å²) in [5.41, 5.74) is 9.18. The van der Waals surface area contributed by atoms with Crippen LogP contribution in [0.3, 0.4) is 0 Å². The number of ketones is 1. The number of rotatable bonds is 8. The standard InChI is InChI=1S/C39H43N4O5.Mg/c1-9-12-15-48-32(44)14-13-25-21(6)28-16-26-19(4)23(10-2)30(40-26)17-27-20(5)24(11-3)31(41-27)18-29-22(7)33-37(43-29)34(36(25)42-28)35(38(33)45)39(46)47-8;/h9-10,12,17-18,21,25,28,35H,2,11,13-16H2,1,3-8H3,(H-,42,43,45);/q-3;+2/p-1/b12-9+,27-17-,31-18-;/t21-,25-,28?,35+;/m0./s1. The van der Waals surface area contributed by atoms with Crippen LogP contribution in [0.5, 0.6) is 0 Å². The number of methoxy groups -OCH3 is 1. The van der Waals surface area contributed by atoms with Crippen LogP contribution in [0.2, 0.25) is 0 Å². The molecule has 4 atom stereocenters. The second-order valence-corrected chi connectivity index (χ2v) is 12.9. The number of fused-ring (bicyclic) bond motifs is 7. The van der Waals surface area contributed by atoms with Crippen LogP contribution in [0.25, 0.3) is 29.1 Å². The number of nitrogens with zero attached hydrogens (tertiary/aromatic N) is 4. The number of carbonyl (C=O) groups is 3. The number of hydrogen-bond donors (Lipinski definition) is 0. The Labute approximate surface area is 303 Å². The van der Waals surface area contributed by atoms with Crippen molar-refractivity contribution in [3.8, 4) is 0 Å². The molecule has 9 nitrogen and oxygen atoms in total. The minimum absolute atomic E-state index is 0. The van der Waals surface area contributed by atoms with Gasteiger partial charge in [-0.2, -0.15) is 11.4 Å². The zero-order valence-corrected chi connectivity index (χ0v) is 30.9. The largest absolute Gasteiger partial charge is 2.00 e. The van der Waals surface area contributed by atoms with E-state index in [4.69, 9.17) is 29.7 Å². The fourth-order valence-electron chi connectivity index (χ4n) is 7.61. The number of allylic oxidation sites excluding steroid dienone is 2. The summed E-state index contributed by atoms with van der Waals surface area (Å²) in [5.74, 6) is -2.75. The van der Waals surface area contributed by atoms with Gasteiger partial charge in [-0.1, -0.05) is 91.0 Å². The molecule has 0 saturated carbocycles. The predicted octanol–water partition coefficient (Wildman–Crippen LogP) is 4.13. The molecule has 2 aliphatic heterocycles. The van der Waals surface area contributed by atoms with E-state index in [0.29, 0.717) is 46.6 Å². The van der Waals surface area contributed by atoms with E-state index in [0.717, 1.165) is 50.8 Å². The average molecular weight is 671 g/mol. The summed E-state index contributed by atoms with van der Waals surface area (Å²) in [4.78, 5) is 55.5. The van der Waals surface area contributed by atoms with Crippen LogP contribution < -0.4 is 25.7 Å². The van der Waals surface area contributed by atoms with Crippen molar-refractivity contribution in [2.75, 3.05) is 13.7 Å².